The Morgan fingerprint density at radius 2 is 2.00 bits per heavy atom. The van der Waals surface area contributed by atoms with E-state index in [2.05, 4.69) is 4.72 Å². The van der Waals surface area contributed by atoms with Crippen molar-refractivity contribution in [2.24, 2.45) is 0 Å². The summed E-state index contributed by atoms with van der Waals surface area (Å²) in [7, 11) is -3.67. The second-order valence-electron chi connectivity index (χ2n) is 4.27. The van der Waals surface area contributed by atoms with Crippen molar-refractivity contribution in [3.63, 3.8) is 0 Å². The summed E-state index contributed by atoms with van der Waals surface area (Å²) in [6, 6.07) is 3.83. The third kappa shape index (κ3) is 5.80. The van der Waals surface area contributed by atoms with Crippen LogP contribution in [-0.2, 0) is 10.0 Å². The molecule has 0 aliphatic carbocycles. The molecule has 0 aromatic heterocycles. The fourth-order valence-corrected chi connectivity index (χ4v) is 2.59. The van der Waals surface area contributed by atoms with E-state index in [1.54, 1.807) is 6.92 Å². The van der Waals surface area contributed by atoms with Gasteiger partial charge in [-0.25, -0.2) is 13.1 Å². The van der Waals surface area contributed by atoms with E-state index in [1.807, 2.05) is 0 Å². The molecule has 0 atom stereocenters. The number of alkyl halides is 3. The minimum absolute atomic E-state index is 0.0515. The van der Waals surface area contributed by atoms with Gasteiger partial charge in [0, 0.05) is 19.0 Å². The maximum absolute atomic E-state index is 12.0. The first-order valence-corrected chi connectivity index (χ1v) is 7.73. The van der Waals surface area contributed by atoms with Gasteiger partial charge in [0.1, 0.15) is 5.75 Å². The number of anilines is 1. The highest BCUT2D eigenvalue weighted by Gasteiger charge is 2.26. The van der Waals surface area contributed by atoms with Crippen LogP contribution in [0.1, 0.15) is 19.8 Å². The van der Waals surface area contributed by atoms with Crippen LogP contribution in [0.25, 0.3) is 0 Å². The first-order chi connectivity index (χ1) is 9.65. The molecule has 0 spiro atoms. The second kappa shape index (κ2) is 6.99. The molecule has 0 aliphatic rings. The maximum Gasteiger partial charge on any atom is 0.389 e. The van der Waals surface area contributed by atoms with E-state index in [0.29, 0.717) is 0 Å². The molecule has 0 aliphatic heterocycles. The minimum atomic E-state index is -4.24. The summed E-state index contributed by atoms with van der Waals surface area (Å²) < 4.78 is 67.0. The van der Waals surface area contributed by atoms with Crippen molar-refractivity contribution < 1.29 is 26.3 Å². The fraction of sp³-hybridized carbons (Fsp3) is 0.500. The number of rotatable bonds is 7. The summed E-state index contributed by atoms with van der Waals surface area (Å²) in [5, 5.41) is 0. The molecular formula is C12H17F3N2O3S. The summed E-state index contributed by atoms with van der Waals surface area (Å²) in [6.07, 6.45) is -5.44. The zero-order chi connectivity index (χ0) is 16.1. The highest BCUT2D eigenvalue weighted by molar-refractivity contribution is 7.89. The first kappa shape index (κ1) is 17.6. The third-order valence-corrected chi connectivity index (χ3v) is 4.04. The van der Waals surface area contributed by atoms with E-state index in [4.69, 9.17) is 10.5 Å². The van der Waals surface area contributed by atoms with Gasteiger partial charge in [0.15, 0.2) is 0 Å². The Morgan fingerprint density at radius 1 is 1.33 bits per heavy atom. The molecule has 120 valence electrons. The van der Waals surface area contributed by atoms with Crippen LogP contribution in [-0.4, -0.2) is 27.7 Å². The lowest BCUT2D eigenvalue weighted by molar-refractivity contribution is -0.136. The normalized spacial score (nSPS) is 12.4. The van der Waals surface area contributed by atoms with Crippen LogP contribution in [0.15, 0.2) is 23.1 Å². The predicted molar refractivity (Wildman–Crippen MR) is 72.5 cm³/mol. The summed E-state index contributed by atoms with van der Waals surface area (Å²) in [6.45, 7) is 1.65. The Morgan fingerprint density at radius 3 is 2.57 bits per heavy atom. The standard InChI is InChI=1S/C12H17F3N2O3S/c1-2-17-21(18,19)9-4-5-10(16)11(8-9)20-7-3-6-12(13,14)15/h4-5,8,17H,2-3,6-7,16H2,1H3. The lowest BCUT2D eigenvalue weighted by Crippen LogP contribution is -2.23. The minimum Gasteiger partial charge on any atom is -0.491 e. The number of nitrogen functional groups attached to an aromatic ring is 1. The molecule has 0 bridgehead atoms. The zero-order valence-corrected chi connectivity index (χ0v) is 12.2. The second-order valence-corrected chi connectivity index (χ2v) is 6.04. The molecule has 0 saturated heterocycles. The largest absolute Gasteiger partial charge is 0.491 e. The van der Waals surface area contributed by atoms with Crippen molar-refractivity contribution in [2.45, 2.75) is 30.8 Å². The molecule has 0 unspecified atom stereocenters. The average molecular weight is 326 g/mol. The topological polar surface area (TPSA) is 81.4 Å². The van der Waals surface area contributed by atoms with Crippen molar-refractivity contribution in [2.75, 3.05) is 18.9 Å². The van der Waals surface area contributed by atoms with Crippen molar-refractivity contribution in [1.82, 2.24) is 4.72 Å². The fourth-order valence-electron chi connectivity index (χ4n) is 1.53. The number of hydrogen-bond acceptors (Lipinski definition) is 4. The average Bonchev–Trinajstić information content (AvgIpc) is 2.35. The number of nitrogens with two attached hydrogens (primary N) is 1. The lowest BCUT2D eigenvalue weighted by Gasteiger charge is -2.12. The van der Waals surface area contributed by atoms with Gasteiger partial charge in [-0.1, -0.05) is 6.92 Å². The third-order valence-electron chi connectivity index (χ3n) is 2.49. The van der Waals surface area contributed by atoms with Crippen LogP contribution in [0.3, 0.4) is 0 Å². The van der Waals surface area contributed by atoms with E-state index >= 15 is 0 Å². The van der Waals surface area contributed by atoms with E-state index in [0.717, 1.165) is 0 Å². The predicted octanol–water partition coefficient (Wildman–Crippen LogP) is 2.29. The molecular weight excluding hydrogens is 309 g/mol. The summed E-state index contributed by atoms with van der Waals surface area (Å²) >= 11 is 0. The molecule has 1 aromatic carbocycles. The van der Waals surface area contributed by atoms with Crippen LogP contribution in [0.5, 0.6) is 5.75 Å². The van der Waals surface area contributed by atoms with Gasteiger partial charge in [-0.3, -0.25) is 0 Å². The molecule has 1 rings (SSSR count). The SMILES string of the molecule is CCNS(=O)(=O)c1ccc(N)c(OCCCC(F)(F)F)c1. The van der Waals surface area contributed by atoms with Crippen LogP contribution < -0.4 is 15.2 Å². The number of halogens is 3. The molecule has 5 nitrogen and oxygen atoms in total. The molecule has 3 N–H and O–H groups in total. The van der Waals surface area contributed by atoms with E-state index in [-0.39, 0.29) is 35.9 Å². The Labute approximate surface area is 121 Å². The highest BCUT2D eigenvalue weighted by Crippen LogP contribution is 2.26. The molecule has 0 radical (unpaired) electrons. The van der Waals surface area contributed by atoms with Gasteiger partial charge in [-0.05, 0) is 18.6 Å². The summed E-state index contributed by atoms with van der Waals surface area (Å²) in [5.74, 6) is 0.0520. The van der Waals surface area contributed by atoms with Crippen molar-refractivity contribution >= 4 is 15.7 Å². The monoisotopic (exact) mass is 326 g/mol. The first-order valence-electron chi connectivity index (χ1n) is 6.24. The van der Waals surface area contributed by atoms with E-state index in [9.17, 15) is 21.6 Å². The van der Waals surface area contributed by atoms with Crippen molar-refractivity contribution in [1.29, 1.82) is 0 Å². The molecule has 21 heavy (non-hydrogen) atoms. The lowest BCUT2D eigenvalue weighted by atomic mass is 10.3. The van der Waals surface area contributed by atoms with Crippen LogP contribution >= 0.6 is 0 Å². The summed E-state index contributed by atoms with van der Waals surface area (Å²) in [4.78, 5) is -0.0515. The quantitative estimate of drug-likeness (QED) is 0.595. The highest BCUT2D eigenvalue weighted by atomic mass is 32.2. The molecule has 0 fully saturated rings. The molecule has 1 aromatic rings. The molecule has 0 heterocycles. The van der Waals surface area contributed by atoms with E-state index < -0.39 is 22.6 Å². The molecule has 9 heteroatoms. The zero-order valence-electron chi connectivity index (χ0n) is 11.4. The van der Waals surface area contributed by atoms with E-state index in [1.165, 1.54) is 18.2 Å². The summed E-state index contributed by atoms with van der Waals surface area (Å²) in [5.41, 5.74) is 5.78. The molecule has 0 amide bonds. The molecule has 0 saturated carbocycles. The number of hydrogen-bond donors (Lipinski definition) is 2. The number of benzene rings is 1. The van der Waals surface area contributed by atoms with Gasteiger partial charge in [0.25, 0.3) is 0 Å². The number of ether oxygens (including phenoxy) is 1. The Kier molecular flexibility index (Phi) is 5.85. The Balaban J connectivity index is 2.75. The number of sulfonamides is 1. The van der Waals surface area contributed by atoms with Gasteiger partial charge < -0.3 is 10.5 Å². The van der Waals surface area contributed by atoms with Crippen LogP contribution in [0.4, 0.5) is 18.9 Å². The smallest absolute Gasteiger partial charge is 0.389 e. The Bertz CT molecular complexity index is 574. The Hall–Kier alpha value is -1.48. The van der Waals surface area contributed by atoms with Gasteiger partial charge in [0.2, 0.25) is 10.0 Å². The van der Waals surface area contributed by atoms with Crippen molar-refractivity contribution in [3.8, 4) is 5.75 Å². The van der Waals surface area contributed by atoms with Gasteiger partial charge in [-0.2, -0.15) is 13.2 Å². The van der Waals surface area contributed by atoms with Gasteiger partial charge >= 0.3 is 6.18 Å². The van der Waals surface area contributed by atoms with Crippen molar-refractivity contribution in [3.05, 3.63) is 18.2 Å². The van der Waals surface area contributed by atoms with Gasteiger partial charge in [-0.15, -0.1) is 0 Å². The number of nitrogens with one attached hydrogen (secondary N) is 1. The van der Waals surface area contributed by atoms with Gasteiger partial charge in [0.05, 0.1) is 17.2 Å². The maximum atomic E-state index is 12.0. The van der Waals surface area contributed by atoms with Crippen LogP contribution in [0, 0.1) is 0 Å². The van der Waals surface area contributed by atoms with Crippen LogP contribution in [0.2, 0.25) is 0 Å².